The van der Waals surface area contributed by atoms with Gasteiger partial charge in [-0.2, -0.15) is 0 Å². The molecule has 1 heterocycles. The Bertz CT molecular complexity index is 241. The molecule has 4 nitrogen and oxygen atoms in total. The third kappa shape index (κ3) is 4.82. The van der Waals surface area contributed by atoms with Crippen molar-refractivity contribution in [2.75, 3.05) is 6.61 Å². The van der Waals surface area contributed by atoms with Gasteiger partial charge in [0, 0.05) is 6.61 Å². The van der Waals surface area contributed by atoms with Gasteiger partial charge in [0.25, 0.3) is 0 Å². The minimum absolute atomic E-state index is 0. The van der Waals surface area contributed by atoms with Crippen molar-refractivity contribution in [1.82, 2.24) is 5.32 Å². The lowest BCUT2D eigenvalue weighted by Gasteiger charge is -2.27. The summed E-state index contributed by atoms with van der Waals surface area (Å²) in [6.45, 7) is 6.60. The molecule has 0 aliphatic carbocycles. The SMILES string of the molecule is CCCC(C)(N)C(=O)NC(C)C1CCCO1.Cl. The van der Waals surface area contributed by atoms with Gasteiger partial charge in [-0.25, -0.2) is 0 Å². The molecule has 102 valence electrons. The fourth-order valence-electron chi connectivity index (χ4n) is 2.09. The van der Waals surface area contributed by atoms with Crippen molar-refractivity contribution in [3.05, 3.63) is 0 Å². The van der Waals surface area contributed by atoms with Crippen LogP contribution in [-0.2, 0) is 9.53 Å². The number of nitrogens with two attached hydrogens (primary N) is 1. The van der Waals surface area contributed by atoms with E-state index in [2.05, 4.69) is 5.32 Å². The van der Waals surface area contributed by atoms with Crippen LogP contribution in [0.25, 0.3) is 0 Å². The molecule has 1 aliphatic heterocycles. The molecule has 0 saturated carbocycles. The Balaban J connectivity index is 0.00000256. The van der Waals surface area contributed by atoms with Crippen molar-refractivity contribution < 1.29 is 9.53 Å². The molecule has 0 spiro atoms. The second kappa shape index (κ2) is 7.19. The second-order valence-electron chi connectivity index (χ2n) is 4.98. The van der Waals surface area contributed by atoms with E-state index in [4.69, 9.17) is 10.5 Å². The molecule has 1 aliphatic rings. The Morgan fingerprint density at radius 3 is 2.76 bits per heavy atom. The minimum Gasteiger partial charge on any atom is -0.376 e. The zero-order valence-corrected chi connectivity index (χ0v) is 11.8. The molecule has 3 N–H and O–H groups in total. The third-order valence-corrected chi connectivity index (χ3v) is 3.17. The lowest BCUT2D eigenvalue weighted by Crippen LogP contribution is -2.55. The largest absolute Gasteiger partial charge is 0.376 e. The standard InChI is InChI=1S/C12H24N2O2.ClH/c1-4-7-12(3,13)11(15)14-9(2)10-6-5-8-16-10;/h9-10H,4-8,13H2,1-3H3,(H,14,15);1H. The molecule has 0 aromatic rings. The molecule has 1 saturated heterocycles. The summed E-state index contributed by atoms with van der Waals surface area (Å²) >= 11 is 0. The summed E-state index contributed by atoms with van der Waals surface area (Å²) in [5.74, 6) is -0.0719. The summed E-state index contributed by atoms with van der Waals surface area (Å²) < 4.78 is 5.53. The van der Waals surface area contributed by atoms with Gasteiger partial charge in [0.15, 0.2) is 0 Å². The van der Waals surface area contributed by atoms with E-state index in [1.807, 2.05) is 13.8 Å². The van der Waals surface area contributed by atoms with Crippen molar-refractivity contribution in [3.63, 3.8) is 0 Å². The molecule has 17 heavy (non-hydrogen) atoms. The number of rotatable bonds is 5. The monoisotopic (exact) mass is 264 g/mol. The van der Waals surface area contributed by atoms with E-state index in [1.165, 1.54) is 0 Å². The molecule has 3 atom stereocenters. The maximum Gasteiger partial charge on any atom is 0.240 e. The van der Waals surface area contributed by atoms with E-state index in [1.54, 1.807) is 6.92 Å². The van der Waals surface area contributed by atoms with Crippen molar-refractivity contribution in [1.29, 1.82) is 0 Å². The lowest BCUT2D eigenvalue weighted by atomic mass is 9.95. The summed E-state index contributed by atoms with van der Waals surface area (Å²) in [7, 11) is 0. The highest BCUT2D eigenvalue weighted by atomic mass is 35.5. The van der Waals surface area contributed by atoms with Crippen molar-refractivity contribution in [2.24, 2.45) is 5.73 Å². The first-order chi connectivity index (χ1) is 7.47. The number of halogens is 1. The van der Waals surface area contributed by atoms with Gasteiger partial charge in [0.1, 0.15) is 0 Å². The Morgan fingerprint density at radius 1 is 1.65 bits per heavy atom. The van der Waals surface area contributed by atoms with Gasteiger partial charge in [-0.05, 0) is 33.1 Å². The highest BCUT2D eigenvalue weighted by molar-refractivity contribution is 5.86. The van der Waals surface area contributed by atoms with E-state index < -0.39 is 5.54 Å². The molecule has 1 amide bonds. The molecule has 0 radical (unpaired) electrons. The average Bonchev–Trinajstić information content (AvgIpc) is 2.70. The predicted octanol–water partition coefficient (Wildman–Crippen LogP) is 1.61. The lowest BCUT2D eigenvalue weighted by molar-refractivity contribution is -0.127. The molecular weight excluding hydrogens is 240 g/mol. The van der Waals surface area contributed by atoms with E-state index in [-0.39, 0.29) is 30.5 Å². The van der Waals surface area contributed by atoms with Crippen LogP contribution in [0.1, 0.15) is 46.5 Å². The Labute approximate surface area is 110 Å². The highest BCUT2D eigenvalue weighted by Gasteiger charge is 2.31. The zero-order chi connectivity index (χ0) is 12.2. The summed E-state index contributed by atoms with van der Waals surface area (Å²) in [5, 5.41) is 2.96. The van der Waals surface area contributed by atoms with Crippen LogP contribution in [-0.4, -0.2) is 30.2 Å². The maximum absolute atomic E-state index is 11.9. The average molecular weight is 265 g/mol. The Hall–Kier alpha value is -0.320. The number of carbonyl (C=O) groups is 1. The van der Waals surface area contributed by atoms with E-state index in [0.717, 1.165) is 25.9 Å². The fourth-order valence-corrected chi connectivity index (χ4v) is 2.09. The van der Waals surface area contributed by atoms with Crippen LogP contribution in [0.3, 0.4) is 0 Å². The quantitative estimate of drug-likeness (QED) is 0.793. The Kier molecular flexibility index (Phi) is 7.05. The molecule has 5 heteroatoms. The molecule has 1 fully saturated rings. The van der Waals surface area contributed by atoms with Crippen molar-refractivity contribution >= 4 is 18.3 Å². The molecule has 0 aromatic heterocycles. The number of ether oxygens (including phenoxy) is 1. The summed E-state index contributed by atoms with van der Waals surface area (Å²) in [6.07, 6.45) is 3.88. The van der Waals surface area contributed by atoms with Crippen LogP contribution in [0.5, 0.6) is 0 Å². The first-order valence-electron chi connectivity index (χ1n) is 6.19. The van der Waals surface area contributed by atoms with Crippen molar-refractivity contribution in [2.45, 2.75) is 64.1 Å². The number of nitrogens with one attached hydrogen (secondary N) is 1. The van der Waals surface area contributed by atoms with Gasteiger partial charge < -0.3 is 15.8 Å². The van der Waals surface area contributed by atoms with E-state index in [9.17, 15) is 4.79 Å². The fraction of sp³-hybridized carbons (Fsp3) is 0.917. The predicted molar refractivity (Wildman–Crippen MR) is 71.3 cm³/mol. The second-order valence-corrected chi connectivity index (χ2v) is 4.98. The highest BCUT2D eigenvalue weighted by Crippen LogP contribution is 2.16. The van der Waals surface area contributed by atoms with Gasteiger partial charge in [-0.1, -0.05) is 13.3 Å². The van der Waals surface area contributed by atoms with Crippen LogP contribution in [0.15, 0.2) is 0 Å². The first kappa shape index (κ1) is 16.7. The number of hydrogen-bond acceptors (Lipinski definition) is 3. The van der Waals surface area contributed by atoms with Crippen LogP contribution in [0.2, 0.25) is 0 Å². The smallest absolute Gasteiger partial charge is 0.240 e. The zero-order valence-electron chi connectivity index (χ0n) is 11.0. The van der Waals surface area contributed by atoms with Crippen LogP contribution < -0.4 is 11.1 Å². The summed E-state index contributed by atoms with van der Waals surface area (Å²) in [5.41, 5.74) is 5.20. The molecule has 1 rings (SSSR count). The summed E-state index contributed by atoms with van der Waals surface area (Å²) in [4.78, 5) is 11.9. The van der Waals surface area contributed by atoms with Crippen molar-refractivity contribution in [3.8, 4) is 0 Å². The number of hydrogen-bond donors (Lipinski definition) is 2. The van der Waals surface area contributed by atoms with Gasteiger partial charge in [-0.3, -0.25) is 4.79 Å². The molecule has 0 aromatic carbocycles. The van der Waals surface area contributed by atoms with Gasteiger partial charge in [0.2, 0.25) is 5.91 Å². The molecule has 0 bridgehead atoms. The number of carbonyl (C=O) groups excluding carboxylic acids is 1. The van der Waals surface area contributed by atoms with Gasteiger partial charge in [-0.15, -0.1) is 12.4 Å². The summed E-state index contributed by atoms with van der Waals surface area (Å²) in [6, 6.07) is 0.0507. The topological polar surface area (TPSA) is 64.4 Å². The Morgan fingerprint density at radius 2 is 2.29 bits per heavy atom. The maximum atomic E-state index is 11.9. The normalized spacial score (nSPS) is 24.6. The molecular formula is C12H25ClN2O2. The first-order valence-corrected chi connectivity index (χ1v) is 6.19. The van der Waals surface area contributed by atoms with Crippen LogP contribution in [0, 0.1) is 0 Å². The van der Waals surface area contributed by atoms with E-state index >= 15 is 0 Å². The van der Waals surface area contributed by atoms with Gasteiger partial charge >= 0.3 is 0 Å². The van der Waals surface area contributed by atoms with Gasteiger partial charge in [0.05, 0.1) is 17.7 Å². The van der Waals surface area contributed by atoms with Crippen LogP contribution >= 0.6 is 12.4 Å². The minimum atomic E-state index is -0.762. The molecule has 3 unspecified atom stereocenters. The van der Waals surface area contributed by atoms with E-state index in [0.29, 0.717) is 6.42 Å². The number of amides is 1. The third-order valence-electron chi connectivity index (χ3n) is 3.17. The van der Waals surface area contributed by atoms with Crippen LogP contribution in [0.4, 0.5) is 0 Å².